The van der Waals surface area contributed by atoms with Gasteiger partial charge >= 0.3 is 5.97 Å². The number of benzene rings is 2. The Labute approximate surface area is 198 Å². The van der Waals surface area contributed by atoms with Gasteiger partial charge in [-0.05, 0) is 36.1 Å². The summed E-state index contributed by atoms with van der Waals surface area (Å²) in [5.41, 5.74) is 3.24. The lowest BCUT2D eigenvalue weighted by molar-refractivity contribution is -0.141. The van der Waals surface area contributed by atoms with Gasteiger partial charge in [0.15, 0.2) is 0 Å². The second-order valence-corrected chi connectivity index (χ2v) is 7.93. The number of carbonyl (C=O) groups excluding carboxylic acids is 3. The molecule has 3 amide bonds. The molecular formula is C25H31N3O6. The van der Waals surface area contributed by atoms with E-state index in [1.807, 2.05) is 13.0 Å². The first-order chi connectivity index (χ1) is 16.3. The molecule has 2 rings (SSSR count). The Hall–Kier alpha value is -3.72. The molecule has 0 radical (unpaired) electrons. The highest BCUT2D eigenvalue weighted by Crippen LogP contribution is 2.12. The van der Waals surface area contributed by atoms with E-state index in [2.05, 4.69) is 5.32 Å². The minimum atomic E-state index is -1.12. The summed E-state index contributed by atoms with van der Waals surface area (Å²) in [5, 5.41) is 20.8. The molecule has 1 unspecified atom stereocenters. The summed E-state index contributed by atoms with van der Waals surface area (Å²) in [4.78, 5) is 50.1. The van der Waals surface area contributed by atoms with E-state index in [-0.39, 0.29) is 37.5 Å². The van der Waals surface area contributed by atoms with Crippen molar-refractivity contribution in [2.24, 2.45) is 5.92 Å². The molecule has 0 aliphatic rings. The van der Waals surface area contributed by atoms with Crippen molar-refractivity contribution in [1.29, 1.82) is 0 Å². The predicted octanol–water partition coefficient (Wildman–Crippen LogP) is 2.38. The summed E-state index contributed by atoms with van der Waals surface area (Å²) in [6, 6.07) is 15.3. The van der Waals surface area contributed by atoms with Gasteiger partial charge in [-0.1, -0.05) is 55.8 Å². The number of unbranched alkanes of at least 4 members (excludes halogenated alkanes) is 1. The van der Waals surface area contributed by atoms with E-state index in [9.17, 15) is 19.2 Å². The van der Waals surface area contributed by atoms with E-state index < -0.39 is 23.7 Å². The molecule has 0 fully saturated rings. The van der Waals surface area contributed by atoms with Gasteiger partial charge in [-0.3, -0.25) is 19.6 Å². The van der Waals surface area contributed by atoms with Gasteiger partial charge < -0.3 is 15.3 Å². The fourth-order valence-corrected chi connectivity index (χ4v) is 3.42. The van der Waals surface area contributed by atoms with Crippen LogP contribution in [0.3, 0.4) is 0 Å². The van der Waals surface area contributed by atoms with Crippen molar-refractivity contribution in [3.8, 4) is 0 Å². The molecule has 0 saturated carbocycles. The maximum Gasteiger partial charge on any atom is 0.335 e. The highest BCUT2D eigenvalue weighted by molar-refractivity contribution is 6.00. The third-order valence-corrected chi connectivity index (χ3v) is 5.38. The van der Waals surface area contributed by atoms with Gasteiger partial charge in [0.25, 0.3) is 5.91 Å². The van der Waals surface area contributed by atoms with Crippen molar-refractivity contribution in [1.82, 2.24) is 15.7 Å². The molecule has 0 spiro atoms. The zero-order valence-electron chi connectivity index (χ0n) is 19.2. The summed E-state index contributed by atoms with van der Waals surface area (Å²) in [6.07, 6.45) is 2.08. The van der Waals surface area contributed by atoms with Gasteiger partial charge in [0.2, 0.25) is 11.8 Å². The first-order valence-corrected chi connectivity index (χ1v) is 11.2. The summed E-state index contributed by atoms with van der Waals surface area (Å²) in [6.45, 7) is 2.59. The molecule has 0 aliphatic carbocycles. The third-order valence-electron chi connectivity index (χ3n) is 5.38. The number of carbonyl (C=O) groups is 4. The fourth-order valence-electron chi connectivity index (χ4n) is 3.42. The van der Waals surface area contributed by atoms with E-state index >= 15 is 0 Å². The Balaban J connectivity index is 2.02. The zero-order chi connectivity index (χ0) is 24.9. The average molecular weight is 470 g/mol. The molecule has 0 saturated heterocycles. The Morgan fingerprint density at radius 1 is 0.941 bits per heavy atom. The van der Waals surface area contributed by atoms with Crippen LogP contribution in [-0.4, -0.2) is 52.0 Å². The van der Waals surface area contributed by atoms with Crippen LogP contribution in [0.1, 0.15) is 47.7 Å². The number of rotatable bonds is 13. The number of nitrogens with zero attached hydrogens (tertiary/aromatic N) is 1. The van der Waals surface area contributed by atoms with Crippen molar-refractivity contribution >= 4 is 23.7 Å². The summed E-state index contributed by atoms with van der Waals surface area (Å²) in [5.74, 6) is -3.59. The minimum absolute atomic E-state index is 0.0765. The fraction of sp³-hybridized carbons (Fsp3) is 0.360. The number of amides is 3. The zero-order valence-corrected chi connectivity index (χ0v) is 19.2. The van der Waals surface area contributed by atoms with Gasteiger partial charge in [0.1, 0.15) is 5.92 Å². The van der Waals surface area contributed by atoms with Gasteiger partial charge in [-0.25, -0.2) is 10.3 Å². The molecular weight excluding hydrogens is 438 g/mol. The van der Waals surface area contributed by atoms with E-state index in [0.717, 1.165) is 24.0 Å². The number of hydrogen-bond acceptors (Lipinski definition) is 5. The van der Waals surface area contributed by atoms with E-state index in [4.69, 9.17) is 10.3 Å². The second-order valence-electron chi connectivity index (χ2n) is 7.93. The molecule has 182 valence electrons. The number of aromatic carboxylic acids is 1. The molecule has 9 heteroatoms. The van der Waals surface area contributed by atoms with Crippen LogP contribution in [0.2, 0.25) is 0 Å². The molecule has 0 bridgehead atoms. The summed E-state index contributed by atoms with van der Waals surface area (Å²) in [7, 11) is 0. The molecule has 0 aromatic heterocycles. The summed E-state index contributed by atoms with van der Waals surface area (Å²) >= 11 is 0. The first kappa shape index (κ1) is 26.5. The van der Waals surface area contributed by atoms with Crippen LogP contribution >= 0.6 is 0 Å². The lowest BCUT2D eigenvalue weighted by Crippen LogP contribution is -2.44. The molecule has 0 heterocycles. The van der Waals surface area contributed by atoms with Crippen LogP contribution in [0.4, 0.5) is 0 Å². The van der Waals surface area contributed by atoms with Crippen molar-refractivity contribution in [3.05, 3.63) is 71.3 Å². The first-order valence-electron chi connectivity index (χ1n) is 11.2. The largest absolute Gasteiger partial charge is 0.478 e. The number of hydroxylamine groups is 1. The molecule has 9 nitrogen and oxygen atoms in total. The van der Waals surface area contributed by atoms with Crippen LogP contribution in [0.15, 0.2) is 54.6 Å². The molecule has 4 N–H and O–H groups in total. The monoisotopic (exact) mass is 469 g/mol. The highest BCUT2D eigenvalue weighted by atomic mass is 16.5. The lowest BCUT2D eigenvalue weighted by atomic mass is 9.98. The van der Waals surface area contributed by atoms with E-state index in [1.165, 1.54) is 12.1 Å². The number of hydrogen-bond donors (Lipinski definition) is 4. The Morgan fingerprint density at radius 3 is 2.21 bits per heavy atom. The quantitative estimate of drug-likeness (QED) is 0.202. The van der Waals surface area contributed by atoms with Crippen molar-refractivity contribution in [2.45, 2.75) is 39.2 Å². The van der Waals surface area contributed by atoms with Gasteiger partial charge in [0.05, 0.1) is 5.56 Å². The lowest BCUT2D eigenvalue weighted by Gasteiger charge is -2.24. The van der Waals surface area contributed by atoms with Gasteiger partial charge in [-0.2, -0.15) is 0 Å². The molecule has 1 atom stereocenters. The standard InChI is InChI=1S/C25H31N3O6/c1-2-3-9-22(29)28(17-19-10-12-20(13-11-19)25(32)33)15-14-26-23(30)21(24(31)27-34)16-18-7-5-4-6-8-18/h4-8,10-13,21,34H,2-3,9,14-17H2,1H3,(H,26,30)(H,27,31)(H,32,33). The number of carboxylic acids is 1. The maximum atomic E-state index is 12.7. The smallest absolute Gasteiger partial charge is 0.335 e. The normalized spacial score (nSPS) is 11.4. The summed E-state index contributed by atoms with van der Waals surface area (Å²) < 4.78 is 0. The molecule has 2 aromatic rings. The maximum absolute atomic E-state index is 12.7. The van der Waals surface area contributed by atoms with Crippen LogP contribution in [0.25, 0.3) is 0 Å². The Morgan fingerprint density at radius 2 is 1.62 bits per heavy atom. The van der Waals surface area contributed by atoms with Crippen molar-refractivity contribution < 1.29 is 29.5 Å². The number of carboxylic acid groups (broad SMARTS) is 1. The average Bonchev–Trinajstić information content (AvgIpc) is 2.85. The second kappa shape index (κ2) is 13.7. The third kappa shape index (κ3) is 8.32. The topological polar surface area (TPSA) is 136 Å². The van der Waals surface area contributed by atoms with Gasteiger partial charge in [0, 0.05) is 26.1 Å². The predicted molar refractivity (Wildman–Crippen MR) is 125 cm³/mol. The molecule has 2 aromatic carbocycles. The molecule has 34 heavy (non-hydrogen) atoms. The van der Waals surface area contributed by atoms with Crippen molar-refractivity contribution in [3.63, 3.8) is 0 Å². The molecule has 0 aliphatic heterocycles. The number of nitrogens with one attached hydrogen (secondary N) is 2. The van der Waals surface area contributed by atoms with Gasteiger partial charge in [-0.15, -0.1) is 0 Å². The van der Waals surface area contributed by atoms with Crippen LogP contribution in [0.5, 0.6) is 0 Å². The Kier molecular flexibility index (Phi) is 10.7. The SMILES string of the molecule is CCCCC(=O)N(CCNC(=O)C(Cc1ccccc1)C(=O)NO)Cc1ccc(C(=O)O)cc1. The Bertz CT molecular complexity index is 962. The van der Waals surface area contributed by atoms with Crippen LogP contribution < -0.4 is 10.8 Å². The van der Waals surface area contributed by atoms with Crippen LogP contribution in [0, 0.1) is 5.92 Å². The van der Waals surface area contributed by atoms with Crippen molar-refractivity contribution in [2.75, 3.05) is 13.1 Å². The van der Waals surface area contributed by atoms with Crippen LogP contribution in [-0.2, 0) is 27.3 Å². The van der Waals surface area contributed by atoms with E-state index in [1.54, 1.807) is 46.8 Å². The highest BCUT2D eigenvalue weighted by Gasteiger charge is 2.27. The minimum Gasteiger partial charge on any atom is -0.478 e. The van der Waals surface area contributed by atoms with E-state index in [0.29, 0.717) is 6.42 Å².